The van der Waals surface area contributed by atoms with E-state index in [0.717, 1.165) is 63.9 Å². The molecule has 2 aromatic rings. The van der Waals surface area contributed by atoms with Crippen molar-refractivity contribution in [3.8, 4) is 0 Å². The van der Waals surface area contributed by atoms with Crippen molar-refractivity contribution < 1.29 is 4.52 Å². The van der Waals surface area contributed by atoms with Crippen LogP contribution in [0.25, 0.3) is 0 Å². The van der Waals surface area contributed by atoms with Crippen LogP contribution in [-0.4, -0.2) is 60.2 Å². The monoisotopic (exact) mass is 383 g/mol. The van der Waals surface area contributed by atoms with Gasteiger partial charge in [0.2, 0.25) is 0 Å². The maximum absolute atomic E-state index is 4.94. The van der Waals surface area contributed by atoms with Gasteiger partial charge in [0.1, 0.15) is 6.26 Å². The van der Waals surface area contributed by atoms with Crippen LogP contribution < -0.4 is 5.32 Å². The summed E-state index contributed by atoms with van der Waals surface area (Å²) < 4.78 is 4.94. The van der Waals surface area contributed by atoms with Gasteiger partial charge >= 0.3 is 0 Å². The fourth-order valence-electron chi connectivity index (χ4n) is 3.97. The molecule has 0 unspecified atom stereocenters. The third kappa shape index (κ3) is 5.35. The normalized spacial score (nSPS) is 15.9. The molecule has 1 fully saturated rings. The van der Waals surface area contributed by atoms with Gasteiger partial charge in [0.25, 0.3) is 0 Å². The minimum absolute atomic E-state index is 0.812. The summed E-state index contributed by atoms with van der Waals surface area (Å²) in [5.41, 5.74) is 6.51. The molecule has 0 bridgehead atoms. The summed E-state index contributed by atoms with van der Waals surface area (Å²) in [4.78, 5) is 9.71. The summed E-state index contributed by atoms with van der Waals surface area (Å²) in [6.07, 6.45) is 2.62. The van der Waals surface area contributed by atoms with E-state index in [1.165, 1.54) is 22.3 Å². The van der Waals surface area contributed by atoms with Gasteiger partial charge in [-0.05, 0) is 50.8 Å². The lowest BCUT2D eigenvalue weighted by atomic mass is 9.97. The molecule has 2 heterocycles. The van der Waals surface area contributed by atoms with Crippen molar-refractivity contribution in [2.24, 2.45) is 4.99 Å². The maximum atomic E-state index is 4.94. The Bertz CT molecular complexity index is 753. The largest absolute Gasteiger partial charge is 0.364 e. The van der Waals surface area contributed by atoms with Crippen LogP contribution in [0, 0.1) is 20.8 Å². The first-order chi connectivity index (χ1) is 13.6. The molecule has 0 radical (unpaired) electrons. The second-order valence-corrected chi connectivity index (χ2v) is 7.62. The Hall–Kier alpha value is -2.34. The molecule has 3 rings (SSSR count). The van der Waals surface area contributed by atoms with E-state index in [1.54, 1.807) is 6.26 Å². The predicted molar refractivity (Wildman–Crippen MR) is 114 cm³/mol. The summed E-state index contributed by atoms with van der Waals surface area (Å²) in [7, 11) is 0. The average Bonchev–Trinajstić information content (AvgIpc) is 3.16. The van der Waals surface area contributed by atoms with Crippen LogP contribution in [0.15, 0.2) is 34.0 Å². The number of rotatable bonds is 6. The molecule has 6 heteroatoms. The number of hydrogen-bond acceptors (Lipinski definition) is 4. The van der Waals surface area contributed by atoms with Crippen molar-refractivity contribution in [3.63, 3.8) is 0 Å². The summed E-state index contributed by atoms with van der Waals surface area (Å²) in [5, 5.41) is 7.48. The van der Waals surface area contributed by atoms with Gasteiger partial charge < -0.3 is 14.7 Å². The second kappa shape index (κ2) is 9.73. The smallest absolute Gasteiger partial charge is 0.194 e. The highest BCUT2D eigenvalue weighted by atomic mass is 16.5. The van der Waals surface area contributed by atoms with Crippen molar-refractivity contribution in [2.75, 3.05) is 39.3 Å². The highest BCUT2D eigenvalue weighted by Crippen LogP contribution is 2.17. The number of nitrogens with zero attached hydrogens (tertiary/aromatic N) is 4. The van der Waals surface area contributed by atoms with E-state index in [2.05, 4.69) is 60.1 Å². The molecule has 152 valence electrons. The minimum Gasteiger partial charge on any atom is -0.364 e. The van der Waals surface area contributed by atoms with Gasteiger partial charge in [-0.1, -0.05) is 22.9 Å². The van der Waals surface area contributed by atoms with E-state index in [-0.39, 0.29) is 0 Å². The molecule has 1 aliphatic heterocycles. The second-order valence-electron chi connectivity index (χ2n) is 7.62. The van der Waals surface area contributed by atoms with E-state index in [0.29, 0.717) is 0 Å². The minimum atomic E-state index is 0.812. The van der Waals surface area contributed by atoms with Crippen LogP contribution >= 0.6 is 0 Å². The highest BCUT2D eigenvalue weighted by Gasteiger charge is 2.20. The Labute approximate surface area is 168 Å². The van der Waals surface area contributed by atoms with Crippen LogP contribution in [0.1, 0.15) is 34.9 Å². The molecule has 0 amide bonds. The Morgan fingerprint density at radius 2 is 1.86 bits per heavy atom. The molecule has 0 saturated carbocycles. The van der Waals surface area contributed by atoms with Gasteiger partial charge in [0.15, 0.2) is 5.96 Å². The van der Waals surface area contributed by atoms with E-state index in [4.69, 9.17) is 9.52 Å². The van der Waals surface area contributed by atoms with Crippen LogP contribution in [0.3, 0.4) is 0 Å². The average molecular weight is 384 g/mol. The Morgan fingerprint density at radius 3 is 2.46 bits per heavy atom. The van der Waals surface area contributed by atoms with Crippen molar-refractivity contribution in [2.45, 2.75) is 40.7 Å². The van der Waals surface area contributed by atoms with Gasteiger partial charge in [-0.2, -0.15) is 0 Å². The number of aryl methyl sites for hydroxylation is 3. The third-order valence-electron chi connectivity index (χ3n) is 5.35. The third-order valence-corrected chi connectivity index (χ3v) is 5.35. The summed E-state index contributed by atoms with van der Waals surface area (Å²) in [6.45, 7) is 15.2. The molecule has 1 aromatic heterocycles. The van der Waals surface area contributed by atoms with Crippen LogP contribution in [0.2, 0.25) is 0 Å². The Balaban J connectivity index is 1.56. The number of piperazine rings is 1. The van der Waals surface area contributed by atoms with Crippen molar-refractivity contribution in [1.29, 1.82) is 0 Å². The van der Waals surface area contributed by atoms with Gasteiger partial charge in [-0.25, -0.2) is 0 Å². The zero-order valence-electron chi connectivity index (χ0n) is 17.7. The number of guanidine groups is 1. The standard InChI is InChI=1S/C22H33N5O/c1-5-23-22(24-8-6-21-18(3)14-17(2)15-19(21)4)27-11-9-26(10-12-27)16-20-7-13-28-25-20/h7,13-15H,5-6,8-12,16H2,1-4H3,(H,23,24). The molecule has 0 spiro atoms. The van der Waals surface area contributed by atoms with E-state index >= 15 is 0 Å². The molecule has 1 saturated heterocycles. The Kier molecular flexibility index (Phi) is 7.09. The van der Waals surface area contributed by atoms with Gasteiger partial charge in [0.05, 0.1) is 5.69 Å². The van der Waals surface area contributed by atoms with Crippen LogP contribution in [0.4, 0.5) is 0 Å². The first kappa shape index (κ1) is 20.4. The molecule has 6 nitrogen and oxygen atoms in total. The number of hydrogen-bond donors (Lipinski definition) is 1. The lowest BCUT2D eigenvalue weighted by Crippen LogP contribution is -2.52. The zero-order chi connectivity index (χ0) is 19.9. The summed E-state index contributed by atoms with van der Waals surface area (Å²) >= 11 is 0. The maximum Gasteiger partial charge on any atom is 0.194 e. The molecular weight excluding hydrogens is 350 g/mol. The molecular formula is C22H33N5O. The molecule has 1 aliphatic rings. The van der Waals surface area contributed by atoms with Gasteiger partial charge in [-0.3, -0.25) is 9.89 Å². The number of nitrogens with one attached hydrogen (secondary N) is 1. The van der Waals surface area contributed by atoms with Gasteiger partial charge in [-0.15, -0.1) is 0 Å². The molecule has 0 atom stereocenters. The first-order valence-electron chi connectivity index (χ1n) is 10.3. The molecule has 1 N–H and O–H groups in total. The lowest BCUT2D eigenvalue weighted by molar-refractivity contribution is 0.169. The van der Waals surface area contributed by atoms with E-state index in [1.807, 2.05) is 6.07 Å². The van der Waals surface area contributed by atoms with Crippen molar-refractivity contribution in [3.05, 3.63) is 52.4 Å². The lowest BCUT2D eigenvalue weighted by Gasteiger charge is -2.36. The van der Waals surface area contributed by atoms with Crippen molar-refractivity contribution >= 4 is 5.96 Å². The van der Waals surface area contributed by atoms with E-state index < -0.39 is 0 Å². The van der Waals surface area contributed by atoms with Crippen LogP contribution in [0.5, 0.6) is 0 Å². The van der Waals surface area contributed by atoms with Crippen molar-refractivity contribution in [1.82, 2.24) is 20.3 Å². The van der Waals surface area contributed by atoms with Crippen LogP contribution in [-0.2, 0) is 13.0 Å². The molecule has 1 aromatic carbocycles. The molecule has 28 heavy (non-hydrogen) atoms. The number of aromatic nitrogens is 1. The van der Waals surface area contributed by atoms with Gasteiger partial charge in [0, 0.05) is 51.9 Å². The van der Waals surface area contributed by atoms with E-state index in [9.17, 15) is 0 Å². The first-order valence-corrected chi connectivity index (χ1v) is 10.3. The Morgan fingerprint density at radius 1 is 1.14 bits per heavy atom. The highest BCUT2D eigenvalue weighted by molar-refractivity contribution is 5.80. The fourth-order valence-corrected chi connectivity index (χ4v) is 3.97. The number of benzene rings is 1. The predicted octanol–water partition coefficient (Wildman–Crippen LogP) is 2.93. The SMILES string of the molecule is CCNC(=NCCc1c(C)cc(C)cc1C)N1CCN(Cc2ccon2)CC1. The molecule has 0 aliphatic carbocycles. The number of aliphatic imine (C=N–C) groups is 1. The summed E-state index contributed by atoms with van der Waals surface area (Å²) in [6, 6.07) is 6.48. The summed E-state index contributed by atoms with van der Waals surface area (Å²) in [5.74, 6) is 1.03. The quantitative estimate of drug-likeness (QED) is 0.614. The topological polar surface area (TPSA) is 56.9 Å². The fraction of sp³-hybridized carbons (Fsp3) is 0.545. The zero-order valence-corrected chi connectivity index (χ0v) is 17.7.